The molecule has 2 fully saturated rings. The summed E-state index contributed by atoms with van der Waals surface area (Å²) in [4.78, 5) is 26.5. The summed E-state index contributed by atoms with van der Waals surface area (Å²) >= 11 is 0. The topological polar surface area (TPSA) is 71.1 Å². The van der Waals surface area contributed by atoms with Crippen molar-refractivity contribution < 1.29 is 27.6 Å². The lowest BCUT2D eigenvalue weighted by atomic mass is 10.2. The van der Waals surface area contributed by atoms with Gasteiger partial charge in [0.25, 0.3) is 0 Å². The molecule has 2 aliphatic heterocycles. The van der Waals surface area contributed by atoms with Crippen molar-refractivity contribution in [2.75, 3.05) is 49.2 Å². The molecule has 1 N–H and O–H groups in total. The quantitative estimate of drug-likeness (QED) is 0.889. The van der Waals surface area contributed by atoms with Crippen molar-refractivity contribution in [3.63, 3.8) is 0 Å². The van der Waals surface area contributed by atoms with Gasteiger partial charge in [0, 0.05) is 21.4 Å². The summed E-state index contributed by atoms with van der Waals surface area (Å²) in [6.45, 7) is -0.0299. The van der Waals surface area contributed by atoms with Crippen LogP contribution in [-0.2, 0) is 14.3 Å². The van der Waals surface area contributed by atoms with Gasteiger partial charge >= 0.3 is 6.09 Å². The number of nitrogens with one attached hydrogen (secondary N) is 1. The second kappa shape index (κ2) is 7.04. The Hall–Kier alpha value is -2.35. The normalized spacial score (nSPS) is 24.0. The van der Waals surface area contributed by atoms with Crippen LogP contribution in [0.15, 0.2) is 18.2 Å². The van der Waals surface area contributed by atoms with Gasteiger partial charge in [-0.1, -0.05) is 0 Å². The summed E-state index contributed by atoms with van der Waals surface area (Å²) in [5.41, 5.74) is 0.690. The first-order valence-electron chi connectivity index (χ1n) is 9.28. The van der Waals surface area contributed by atoms with Crippen molar-refractivity contribution in [3.05, 3.63) is 24.0 Å². The van der Waals surface area contributed by atoms with Crippen LogP contribution in [0.4, 0.5) is 20.6 Å². The Kier molecular flexibility index (Phi) is 3.81. The zero-order valence-corrected chi connectivity index (χ0v) is 13.0. The van der Waals surface area contributed by atoms with Crippen molar-refractivity contribution in [3.8, 4) is 0 Å². The number of nitrogens with zero attached hydrogens (tertiary/aromatic N) is 2. The maximum atomic E-state index is 14.5. The number of cyclic esters (lactones) is 1. The van der Waals surface area contributed by atoms with Gasteiger partial charge in [-0.25, -0.2) is 9.18 Å². The maximum Gasteiger partial charge on any atom is 0.414 e. The van der Waals surface area contributed by atoms with E-state index in [1.54, 1.807) is 12.1 Å². The molecule has 0 bridgehead atoms. The van der Waals surface area contributed by atoms with Crippen LogP contribution in [0.25, 0.3) is 0 Å². The van der Waals surface area contributed by atoms with E-state index >= 15 is 0 Å². The zero-order valence-electron chi connectivity index (χ0n) is 16.0. The van der Waals surface area contributed by atoms with Gasteiger partial charge in [0.05, 0.1) is 39.0 Å². The SMILES string of the molecule is [2H]CC(=O)N([2H])C([2H])[C@H]1CN(c2ccc(N3CCOCC3)c(F)c2)C(=O)O1. The molecule has 2 amide bonds. The lowest BCUT2D eigenvalue weighted by Gasteiger charge is -2.29. The second-order valence-electron chi connectivity index (χ2n) is 5.44. The zero-order chi connectivity index (χ0) is 19.6. The van der Waals surface area contributed by atoms with E-state index in [0.29, 0.717) is 37.3 Å². The van der Waals surface area contributed by atoms with Crippen LogP contribution in [-0.4, -0.2) is 57.5 Å². The molecular formula is C16H20FN3O4. The number of ether oxygens (including phenoxy) is 2. The summed E-state index contributed by atoms with van der Waals surface area (Å²) in [5.74, 6) is -1.36. The van der Waals surface area contributed by atoms with E-state index in [0.717, 1.165) is 4.90 Å². The van der Waals surface area contributed by atoms with E-state index in [9.17, 15) is 14.0 Å². The van der Waals surface area contributed by atoms with Crippen LogP contribution in [0.1, 0.15) is 9.64 Å². The molecule has 2 aliphatic rings. The number of benzene rings is 1. The minimum Gasteiger partial charge on any atom is -0.442 e. The highest BCUT2D eigenvalue weighted by Crippen LogP contribution is 2.28. The van der Waals surface area contributed by atoms with E-state index in [2.05, 4.69) is 0 Å². The number of anilines is 2. The van der Waals surface area contributed by atoms with E-state index in [4.69, 9.17) is 13.6 Å². The molecule has 3 rings (SSSR count). The molecule has 0 spiro atoms. The lowest BCUT2D eigenvalue weighted by molar-refractivity contribution is -0.119. The molecule has 0 saturated carbocycles. The Labute approximate surface area is 143 Å². The van der Waals surface area contributed by atoms with E-state index < -0.39 is 37.3 Å². The first-order valence-corrected chi connectivity index (χ1v) is 7.55. The van der Waals surface area contributed by atoms with Crippen molar-refractivity contribution in [2.45, 2.75) is 13.0 Å². The van der Waals surface area contributed by atoms with Gasteiger partial charge < -0.3 is 19.7 Å². The number of halogens is 1. The molecule has 130 valence electrons. The fraction of sp³-hybridized carbons (Fsp3) is 0.500. The fourth-order valence-corrected chi connectivity index (χ4v) is 2.66. The molecule has 24 heavy (non-hydrogen) atoms. The molecule has 7 nitrogen and oxygen atoms in total. The molecule has 2 heterocycles. The predicted molar refractivity (Wildman–Crippen MR) is 85.7 cm³/mol. The highest BCUT2D eigenvalue weighted by Gasteiger charge is 2.32. The van der Waals surface area contributed by atoms with Gasteiger partial charge in [-0.15, -0.1) is 0 Å². The first kappa shape index (κ1) is 13.0. The first-order chi connectivity index (χ1) is 12.9. The number of amides is 2. The molecule has 0 aromatic heterocycles. The Morgan fingerprint density at radius 1 is 1.54 bits per heavy atom. The molecule has 0 radical (unpaired) electrons. The fourth-order valence-electron chi connectivity index (χ4n) is 2.66. The van der Waals surface area contributed by atoms with Crippen molar-refractivity contribution in [1.82, 2.24) is 5.31 Å². The van der Waals surface area contributed by atoms with Crippen molar-refractivity contribution in [2.24, 2.45) is 0 Å². The molecule has 2 saturated heterocycles. The smallest absolute Gasteiger partial charge is 0.414 e. The molecule has 8 heteroatoms. The number of carbonyl (C=O) groups excluding carboxylic acids is 2. The summed E-state index contributed by atoms with van der Waals surface area (Å²) in [6, 6.07) is 4.39. The van der Waals surface area contributed by atoms with Crippen LogP contribution in [0.3, 0.4) is 0 Å². The highest BCUT2D eigenvalue weighted by molar-refractivity contribution is 5.90. The van der Waals surface area contributed by atoms with Crippen LogP contribution < -0.4 is 15.1 Å². The molecular weight excluding hydrogens is 317 g/mol. The van der Waals surface area contributed by atoms with Gasteiger partial charge in [-0.2, -0.15) is 0 Å². The molecule has 2 atom stereocenters. The van der Waals surface area contributed by atoms with E-state index in [-0.39, 0.29) is 12.2 Å². The van der Waals surface area contributed by atoms with Crippen LogP contribution >= 0.6 is 0 Å². The second-order valence-corrected chi connectivity index (χ2v) is 5.44. The minimum absolute atomic E-state index is 0.0933. The van der Waals surface area contributed by atoms with Gasteiger partial charge in [0.2, 0.25) is 5.91 Å². The highest BCUT2D eigenvalue weighted by atomic mass is 19.1. The van der Waals surface area contributed by atoms with Crippen molar-refractivity contribution >= 4 is 23.4 Å². The maximum absolute atomic E-state index is 14.5. The van der Waals surface area contributed by atoms with Crippen LogP contribution in [0, 0.1) is 5.82 Å². The average Bonchev–Trinajstić information content (AvgIpc) is 3.08. The van der Waals surface area contributed by atoms with Gasteiger partial charge in [-0.05, 0) is 18.2 Å². The Balaban J connectivity index is 1.72. The predicted octanol–water partition coefficient (Wildman–Crippen LogP) is 1.12. The number of hydrogen-bond acceptors (Lipinski definition) is 5. The Bertz CT molecular complexity index is 720. The summed E-state index contributed by atoms with van der Waals surface area (Å²) < 4.78 is 47.3. The Morgan fingerprint density at radius 2 is 2.33 bits per heavy atom. The van der Waals surface area contributed by atoms with Gasteiger partial charge in [0.1, 0.15) is 11.9 Å². The number of morpholine rings is 1. The third kappa shape index (κ3) is 3.59. The third-order valence-electron chi connectivity index (χ3n) is 3.81. The standard InChI is InChI=1S/C16H20FN3O4/c1-11(21)18-9-13-10-20(16(22)24-13)12-2-3-15(14(17)8-12)19-4-6-23-7-5-19/h2-3,8,13H,4-7,9-10H2,1H3,(H,18,21)/t13-/m0/s1/i1D,9D/hD/t9?,13-. The monoisotopic (exact) mass is 340 g/mol. The minimum atomic E-state index is -1.46. The van der Waals surface area contributed by atoms with Gasteiger partial charge in [-0.3, -0.25) is 9.69 Å². The number of hydrogen-bond donors (Lipinski definition) is 1. The molecule has 1 aromatic carbocycles. The molecule has 1 aromatic rings. The van der Waals surface area contributed by atoms with Crippen LogP contribution in [0.2, 0.25) is 1.41 Å². The summed E-state index contributed by atoms with van der Waals surface area (Å²) in [7, 11) is 0. The van der Waals surface area contributed by atoms with Crippen LogP contribution in [0.5, 0.6) is 0 Å². The van der Waals surface area contributed by atoms with E-state index in [1.165, 1.54) is 6.07 Å². The molecule has 1 unspecified atom stereocenters. The summed E-state index contributed by atoms with van der Waals surface area (Å²) in [5, 5.41) is 0.316. The van der Waals surface area contributed by atoms with E-state index in [1.807, 2.05) is 4.90 Å². The number of carbonyl (C=O) groups is 2. The summed E-state index contributed by atoms with van der Waals surface area (Å²) in [6.07, 6.45) is -1.84. The average molecular weight is 340 g/mol. The Morgan fingerprint density at radius 3 is 3.04 bits per heavy atom. The van der Waals surface area contributed by atoms with Gasteiger partial charge in [0.15, 0.2) is 1.41 Å². The van der Waals surface area contributed by atoms with Crippen molar-refractivity contribution in [1.29, 1.82) is 0 Å². The number of rotatable bonds is 4. The third-order valence-corrected chi connectivity index (χ3v) is 3.81. The largest absolute Gasteiger partial charge is 0.442 e. The lowest BCUT2D eigenvalue weighted by Crippen LogP contribution is -2.36. The molecule has 0 aliphatic carbocycles.